The van der Waals surface area contributed by atoms with Gasteiger partial charge in [-0.05, 0) is 50.5 Å². The van der Waals surface area contributed by atoms with E-state index in [0.29, 0.717) is 37.8 Å². The van der Waals surface area contributed by atoms with Crippen LogP contribution in [0, 0.1) is 5.92 Å². The second kappa shape index (κ2) is 9.85. The van der Waals surface area contributed by atoms with Crippen LogP contribution in [0.4, 0.5) is 0 Å². The molecule has 0 spiro atoms. The van der Waals surface area contributed by atoms with Gasteiger partial charge in [0.2, 0.25) is 5.91 Å². The summed E-state index contributed by atoms with van der Waals surface area (Å²) in [6, 6.07) is 5.52. The Morgan fingerprint density at radius 3 is 2.73 bits per heavy atom. The molecule has 0 saturated carbocycles. The molecule has 0 radical (unpaired) electrons. The third-order valence-electron chi connectivity index (χ3n) is 4.26. The molecule has 6 heteroatoms. The summed E-state index contributed by atoms with van der Waals surface area (Å²) in [7, 11) is 1.58. The second-order valence-electron chi connectivity index (χ2n) is 6.05. The third-order valence-corrected chi connectivity index (χ3v) is 4.26. The summed E-state index contributed by atoms with van der Waals surface area (Å²) in [6.07, 6.45) is 4.85. The van der Waals surface area contributed by atoms with E-state index in [-0.39, 0.29) is 17.8 Å². The van der Waals surface area contributed by atoms with Gasteiger partial charge in [-0.25, -0.2) is 0 Å². The van der Waals surface area contributed by atoms with Crippen LogP contribution in [-0.4, -0.2) is 50.2 Å². The molecule has 1 heterocycles. The van der Waals surface area contributed by atoms with Crippen molar-refractivity contribution in [2.75, 3.05) is 33.4 Å². The molecule has 0 aromatic heterocycles. The van der Waals surface area contributed by atoms with E-state index in [0.717, 1.165) is 18.4 Å². The van der Waals surface area contributed by atoms with Gasteiger partial charge in [-0.3, -0.25) is 9.59 Å². The summed E-state index contributed by atoms with van der Waals surface area (Å²) in [5.41, 5.74) is 0.845. The van der Waals surface area contributed by atoms with Crippen LogP contribution < -0.4 is 9.47 Å². The molecule has 0 aliphatic carbocycles. The van der Waals surface area contributed by atoms with Gasteiger partial charge in [-0.1, -0.05) is 6.07 Å². The lowest BCUT2D eigenvalue weighted by molar-refractivity contribution is -0.150. The summed E-state index contributed by atoms with van der Waals surface area (Å²) in [4.78, 5) is 26.1. The Balaban J connectivity index is 2.01. The molecule has 0 N–H and O–H groups in total. The minimum absolute atomic E-state index is 0.105. The summed E-state index contributed by atoms with van der Waals surface area (Å²) >= 11 is 0. The Morgan fingerprint density at radius 1 is 1.23 bits per heavy atom. The number of carbonyl (C=O) groups excluding carboxylic acids is 2. The van der Waals surface area contributed by atoms with Crippen molar-refractivity contribution in [2.45, 2.75) is 26.7 Å². The molecule has 1 atom stereocenters. The number of amides is 1. The highest BCUT2D eigenvalue weighted by Gasteiger charge is 2.28. The number of esters is 1. The van der Waals surface area contributed by atoms with Crippen LogP contribution in [0.5, 0.6) is 11.5 Å². The lowest BCUT2D eigenvalue weighted by Crippen LogP contribution is -2.42. The van der Waals surface area contributed by atoms with Gasteiger partial charge in [0.15, 0.2) is 11.5 Å². The van der Waals surface area contributed by atoms with Crippen molar-refractivity contribution >= 4 is 18.0 Å². The maximum absolute atomic E-state index is 12.5. The molecule has 1 aliphatic rings. The minimum Gasteiger partial charge on any atom is -0.493 e. The molecule has 0 bridgehead atoms. The molecule has 1 aromatic carbocycles. The number of ether oxygens (including phenoxy) is 3. The molecule has 26 heavy (non-hydrogen) atoms. The fourth-order valence-corrected chi connectivity index (χ4v) is 2.97. The number of likely N-dealkylation sites (tertiary alicyclic amines) is 1. The Morgan fingerprint density at radius 2 is 2.04 bits per heavy atom. The van der Waals surface area contributed by atoms with Crippen LogP contribution in [0.25, 0.3) is 6.08 Å². The first-order valence-corrected chi connectivity index (χ1v) is 9.03. The van der Waals surface area contributed by atoms with Gasteiger partial charge >= 0.3 is 5.97 Å². The number of hydrogen-bond acceptors (Lipinski definition) is 5. The molecular formula is C20H27NO5. The molecule has 1 aliphatic heterocycles. The van der Waals surface area contributed by atoms with E-state index >= 15 is 0 Å². The predicted molar refractivity (Wildman–Crippen MR) is 99.1 cm³/mol. The van der Waals surface area contributed by atoms with E-state index in [2.05, 4.69) is 0 Å². The van der Waals surface area contributed by atoms with Crippen LogP contribution in [0.1, 0.15) is 32.3 Å². The van der Waals surface area contributed by atoms with Gasteiger partial charge in [0.1, 0.15) is 0 Å². The van der Waals surface area contributed by atoms with Crippen molar-refractivity contribution in [3.63, 3.8) is 0 Å². The number of carbonyl (C=O) groups is 2. The molecule has 1 amide bonds. The van der Waals surface area contributed by atoms with E-state index in [4.69, 9.17) is 14.2 Å². The van der Waals surface area contributed by atoms with Crippen molar-refractivity contribution in [2.24, 2.45) is 5.92 Å². The van der Waals surface area contributed by atoms with Crippen LogP contribution in [0.3, 0.4) is 0 Å². The van der Waals surface area contributed by atoms with Crippen LogP contribution in [0.2, 0.25) is 0 Å². The minimum atomic E-state index is -0.230. The predicted octanol–water partition coefficient (Wildman–Crippen LogP) is 2.91. The highest BCUT2D eigenvalue weighted by Crippen LogP contribution is 2.28. The summed E-state index contributed by atoms with van der Waals surface area (Å²) in [5, 5.41) is 0. The zero-order chi connectivity index (χ0) is 18.9. The zero-order valence-corrected chi connectivity index (χ0v) is 15.7. The summed E-state index contributed by atoms with van der Waals surface area (Å²) in [5.74, 6) is 0.747. The maximum atomic E-state index is 12.5. The Labute approximate surface area is 154 Å². The Hall–Kier alpha value is -2.50. The van der Waals surface area contributed by atoms with E-state index in [1.165, 1.54) is 6.08 Å². The Kier molecular flexibility index (Phi) is 7.51. The smallest absolute Gasteiger partial charge is 0.310 e. The van der Waals surface area contributed by atoms with Crippen LogP contribution in [0.15, 0.2) is 24.3 Å². The molecule has 1 unspecified atom stereocenters. The SMILES string of the molecule is CCOC(=O)C1CCCN(C(=O)/C=C/c2ccc(OCC)c(OC)c2)C1. The lowest BCUT2D eigenvalue weighted by atomic mass is 9.98. The zero-order valence-electron chi connectivity index (χ0n) is 15.7. The largest absolute Gasteiger partial charge is 0.493 e. The van der Waals surface area contributed by atoms with E-state index in [1.54, 1.807) is 25.0 Å². The molecule has 1 fully saturated rings. The van der Waals surface area contributed by atoms with Gasteiger partial charge in [0, 0.05) is 19.2 Å². The van der Waals surface area contributed by atoms with Gasteiger partial charge in [0.05, 0.1) is 26.2 Å². The standard InChI is InChI=1S/C20H27NO5/c1-4-25-17-10-8-15(13-18(17)24-3)9-11-19(22)21-12-6-7-16(14-21)20(23)26-5-2/h8-11,13,16H,4-7,12,14H2,1-3H3/b11-9+. The molecule has 1 saturated heterocycles. The van der Waals surface area contributed by atoms with Gasteiger partial charge < -0.3 is 19.1 Å². The number of methoxy groups -OCH3 is 1. The fourth-order valence-electron chi connectivity index (χ4n) is 2.97. The van der Waals surface area contributed by atoms with Crippen molar-refractivity contribution in [3.05, 3.63) is 29.8 Å². The number of nitrogens with zero attached hydrogens (tertiary/aromatic N) is 1. The number of hydrogen-bond donors (Lipinski definition) is 0. The number of piperidine rings is 1. The monoisotopic (exact) mass is 361 g/mol. The van der Waals surface area contributed by atoms with E-state index in [1.807, 2.05) is 25.1 Å². The average molecular weight is 361 g/mol. The van der Waals surface area contributed by atoms with Crippen molar-refractivity contribution < 1.29 is 23.8 Å². The van der Waals surface area contributed by atoms with Crippen molar-refractivity contribution in [1.29, 1.82) is 0 Å². The highest BCUT2D eigenvalue weighted by atomic mass is 16.5. The first-order valence-electron chi connectivity index (χ1n) is 9.03. The topological polar surface area (TPSA) is 65.1 Å². The third kappa shape index (κ3) is 5.25. The molecule has 142 valence electrons. The molecule has 1 aromatic rings. The first kappa shape index (κ1) is 19.8. The summed E-state index contributed by atoms with van der Waals surface area (Å²) < 4.78 is 15.9. The lowest BCUT2D eigenvalue weighted by Gasteiger charge is -2.30. The Bertz CT molecular complexity index is 656. The maximum Gasteiger partial charge on any atom is 0.310 e. The van der Waals surface area contributed by atoms with Crippen LogP contribution >= 0.6 is 0 Å². The van der Waals surface area contributed by atoms with Gasteiger partial charge in [-0.2, -0.15) is 0 Å². The average Bonchev–Trinajstić information content (AvgIpc) is 2.67. The van der Waals surface area contributed by atoms with Crippen LogP contribution in [-0.2, 0) is 14.3 Å². The fraction of sp³-hybridized carbons (Fsp3) is 0.500. The van der Waals surface area contributed by atoms with Gasteiger partial charge in [-0.15, -0.1) is 0 Å². The first-order chi connectivity index (χ1) is 12.6. The van der Waals surface area contributed by atoms with E-state index in [9.17, 15) is 9.59 Å². The van der Waals surface area contributed by atoms with Gasteiger partial charge in [0.25, 0.3) is 0 Å². The summed E-state index contributed by atoms with van der Waals surface area (Å²) in [6.45, 7) is 5.69. The normalized spacial score (nSPS) is 17.2. The molecular weight excluding hydrogens is 334 g/mol. The quantitative estimate of drug-likeness (QED) is 0.552. The molecule has 6 nitrogen and oxygen atoms in total. The second-order valence-corrected chi connectivity index (χ2v) is 6.05. The van der Waals surface area contributed by atoms with Crippen molar-refractivity contribution in [1.82, 2.24) is 4.90 Å². The van der Waals surface area contributed by atoms with Crippen molar-refractivity contribution in [3.8, 4) is 11.5 Å². The number of benzene rings is 1. The molecule has 2 rings (SSSR count). The highest BCUT2D eigenvalue weighted by molar-refractivity contribution is 5.92. The van der Waals surface area contributed by atoms with E-state index < -0.39 is 0 Å². The number of rotatable bonds is 7.